The summed E-state index contributed by atoms with van der Waals surface area (Å²) in [6.45, 7) is 0.485. The third-order valence-electron chi connectivity index (χ3n) is 2.85. The first-order chi connectivity index (χ1) is 7.88. The lowest BCUT2D eigenvalue weighted by Gasteiger charge is -2.04. The van der Waals surface area contributed by atoms with Crippen molar-refractivity contribution in [2.24, 2.45) is 5.73 Å². The Hall–Kier alpha value is -1.93. The van der Waals surface area contributed by atoms with E-state index in [0.717, 1.165) is 16.6 Å². The summed E-state index contributed by atoms with van der Waals surface area (Å²) >= 11 is 0. The fourth-order valence-corrected chi connectivity index (χ4v) is 2.01. The lowest BCUT2D eigenvalue weighted by Crippen LogP contribution is -1.99. The molecule has 1 aromatic heterocycles. The summed E-state index contributed by atoms with van der Waals surface area (Å²) in [5.74, 6) is 0. The van der Waals surface area contributed by atoms with Crippen LogP contribution in [0.15, 0.2) is 48.5 Å². The fraction of sp³-hybridized carbons (Fsp3) is 0.0714. The van der Waals surface area contributed by atoms with Gasteiger partial charge in [0.2, 0.25) is 0 Å². The maximum absolute atomic E-state index is 5.62. The lowest BCUT2D eigenvalue weighted by molar-refractivity contribution is 1.01. The van der Waals surface area contributed by atoms with E-state index < -0.39 is 0 Å². The fourth-order valence-electron chi connectivity index (χ4n) is 2.01. The van der Waals surface area contributed by atoms with E-state index in [1.54, 1.807) is 0 Å². The van der Waals surface area contributed by atoms with Crippen LogP contribution in [0.5, 0.6) is 0 Å². The molecule has 0 atom stereocenters. The maximum Gasteiger partial charge on any atom is 0.0784 e. The van der Waals surface area contributed by atoms with Crippen molar-refractivity contribution in [1.82, 2.24) is 4.98 Å². The van der Waals surface area contributed by atoms with Crippen LogP contribution in [0.2, 0.25) is 0 Å². The summed E-state index contributed by atoms with van der Waals surface area (Å²) in [5.41, 5.74) is 7.60. The van der Waals surface area contributed by atoms with Gasteiger partial charge in [-0.15, -0.1) is 0 Å². The van der Waals surface area contributed by atoms with E-state index in [2.05, 4.69) is 35.3 Å². The zero-order valence-electron chi connectivity index (χ0n) is 8.85. The van der Waals surface area contributed by atoms with E-state index in [1.165, 1.54) is 10.8 Å². The Balaban J connectivity index is 2.47. The smallest absolute Gasteiger partial charge is 0.0784 e. The average Bonchev–Trinajstić information content (AvgIpc) is 2.38. The van der Waals surface area contributed by atoms with Crippen LogP contribution in [0.4, 0.5) is 0 Å². The molecule has 2 aromatic carbocycles. The van der Waals surface area contributed by atoms with Crippen molar-refractivity contribution in [3.05, 3.63) is 54.2 Å². The highest BCUT2D eigenvalue weighted by Gasteiger charge is 2.01. The van der Waals surface area contributed by atoms with E-state index in [1.807, 2.05) is 18.2 Å². The highest BCUT2D eigenvalue weighted by Crippen LogP contribution is 2.23. The van der Waals surface area contributed by atoms with Crippen LogP contribution in [0, 0.1) is 0 Å². The summed E-state index contributed by atoms with van der Waals surface area (Å²) in [5, 5.41) is 3.57. The Morgan fingerprint density at radius 3 is 2.50 bits per heavy atom. The molecule has 0 saturated heterocycles. The third-order valence-corrected chi connectivity index (χ3v) is 2.85. The predicted molar refractivity (Wildman–Crippen MR) is 67.1 cm³/mol. The lowest BCUT2D eigenvalue weighted by atomic mass is 10.1. The highest BCUT2D eigenvalue weighted by molar-refractivity contribution is 6.05. The average molecular weight is 208 g/mol. The van der Waals surface area contributed by atoms with Crippen molar-refractivity contribution in [2.45, 2.75) is 6.54 Å². The number of pyridine rings is 1. The molecule has 0 spiro atoms. The van der Waals surface area contributed by atoms with Crippen LogP contribution in [-0.2, 0) is 6.54 Å². The van der Waals surface area contributed by atoms with Gasteiger partial charge in [-0.3, -0.25) is 4.98 Å². The summed E-state index contributed by atoms with van der Waals surface area (Å²) in [4.78, 5) is 4.60. The van der Waals surface area contributed by atoms with Crippen LogP contribution >= 0.6 is 0 Å². The Kier molecular flexibility index (Phi) is 2.08. The molecule has 2 nitrogen and oxygen atoms in total. The topological polar surface area (TPSA) is 38.9 Å². The summed E-state index contributed by atoms with van der Waals surface area (Å²) in [6.07, 6.45) is 0. The quantitative estimate of drug-likeness (QED) is 0.624. The van der Waals surface area contributed by atoms with E-state index in [0.29, 0.717) is 6.54 Å². The molecular formula is C14H12N2. The second-order valence-electron chi connectivity index (χ2n) is 3.87. The molecule has 0 aliphatic heterocycles. The summed E-state index contributed by atoms with van der Waals surface area (Å²) < 4.78 is 0. The minimum atomic E-state index is 0.485. The molecule has 1 heterocycles. The second kappa shape index (κ2) is 3.58. The summed E-state index contributed by atoms with van der Waals surface area (Å²) in [6, 6.07) is 16.6. The Morgan fingerprint density at radius 2 is 1.62 bits per heavy atom. The molecular weight excluding hydrogens is 196 g/mol. The normalized spacial score (nSPS) is 11.1. The molecule has 2 heteroatoms. The van der Waals surface area contributed by atoms with Crippen molar-refractivity contribution in [3.63, 3.8) is 0 Å². The van der Waals surface area contributed by atoms with Gasteiger partial charge in [0.05, 0.1) is 11.2 Å². The highest BCUT2D eigenvalue weighted by atomic mass is 14.7. The first-order valence-corrected chi connectivity index (χ1v) is 5.36. The van der Waals surface area contributed by atoms with Gasteiger partial charge in [0.15, 0.2) is 0 Å². The molecule has 0 aliphatic rings. The van der Waals surface area contributed by atoms with Crippen LogP contribution < -0.4 is 5.73 Å². The molecule has 0 amide bonds. The number of nitrogens with zero attached hydrogens (tertiary/aromatic N) is 1. The van der Waals surface area contributed by atoms with Crippen molar-refractivity contribution in [1.29, 1.82) is 0 Å². The van der Waals surface area contributed by atoms with Crippen molar-refractivity contribution >= 4 is 21.7 Å². The standard InChI is InChI=1S/C14H12N2/c15-9-12-8-7-11-6-5-10-3-1-2-4-13(10)14(11)16-12/h1-8H,9,15H2. The van der Waals surface area contributed by atoms with Gasteiger partial charge in [-0.2, -0.15) is 0 Å². The van der Waals surface area contributed by atoms with E-state index in [-0.39, 0.29) is 0 Å². The SMILES string of the molecule is NCc1ccc2ccc3ccccc3c2n1. The van der Waals surface area contributed by atoms with Crippen LogP contribution in [0.3, 0.4) is 0 Å². The van der Waals surface area contributed by atoms with Crippen LogP contribution in [0.1, 0.15) is 5.69 Å². The number of rotatable bonds is 1. The number of hydrogen-bond acceptors (Lipinski definition) is 2. The molecule has 3 rings (SSSR count). The monoisotopic (exact) mass is 208 g/mol. The van der Waals surface area contributed by atoms with E-state index in [4.69, 9.17) is 5.73 Å². The van der Waals surface area contributed by atoms with E-state index in [9.17, 15) is 0 Å². The van der Waals surface area contributed by atoms with Crippen molar-refractivity contribution in [3.8, 4) is 0 Å². The van der Waals surface area contributed by atoms with Gasteiger partial charge in [-0.05, 0) is 11.5 Å². The van der Waals surface area contributed by atoms with Crippen molar-refractivity contribution < 1.29 is 0 Å². The molecule has 0 unspecified atom stereocenters. The molecule has 0 bridgehead atoms. The maximum atomic E-state index is 5.62. The van der Waals surface area contributed by atoms with Gasteiger partial charge < -0.3 is 5.73 Å². The predicted octanol–water partition coefficient (Wildman–Crippen LogP) is 2.85. The largest absolute Gasteiger partial charge is 0.325 e. The van der Waals surface area contributed by atoms with Gasteiger partial charge in [0.25, 0.3) is 0 Å². The summed E-state index contributed by atoms with van der Waals surface area (Å²) in [7, 11) is 0. The molecule has 78 valence electrons. The molecule has 3 aromatic rings. The number of nitrogens with two attached hydrogens (primary N) is 1. The van der Waals surface area contributed by atoms with Crippen LogP contribution in [0.25, 0.3) is 21.7 Å². The van der Waals surface area contributed by atoms with Gasteiger partial charge in [-0.25, -0.2) is 0 Å². The Morgan fingerprint density at radius 1 is 0.875 bits per heavy atom. The molecule has 0 aliphatic carbocycles. The molecule has 16 heavy (non-hydrogen) atoms. The van der Waals surface area contributed by atoms with Crippen LogP contribution in [-0.4, -0.2) is 4.98 Å². The minimum absolute atomic E-state index is 0.485. The third kappa shape index (κ3) is 1.35. The number of aromatic nitrogens is 1. The second-order valence-corrected chi connectivity index (χ2v) is 3.87. The van der Waals surface area contributed by atoms with Gasteiger partial charge >= 0.3 is 0 Å². The van der Waals surface area contributed by atoms with E-state index >= 15 is 0 Å². The zero-order chi connectivity index (χ0) is 11.0. The first kappa shape index (κ1) is 9.31. The van der Waals surface area contributed by atoms with Gasteiger partial charge in [-0.1, -0.05) is 42.5 Å². The Labute approximate surface area is 93.7 Å². The van der Waals surface area contributed by atoms with Crippen molar-refractivity contribution in [2.75, 3.05) is 0 Å². The molecule has 2 N–H and O–H groups in total. The van der Waals surface area contributed by atoms with Gasteiger partial charge in [0.1, 0.15) is 0 Å². The Bertz CT molecular complexity index is 659. The first-order valence-electron chi connectivity index (χ1n) is 5.36. The number of hydrogen-bond donors (Lipinski definition) is 1. The zero-order valence-corrected chi connectivity index (χ0v) is 8.85. The molecule has 0 radical (unpaired) electrons. The van der Waals surface area contributed by atoms with Gasteiger partial charge in [0, 0.05) is 17.3 Å². The minimum Gasteiger partial charge on any atom is -0.325 e. The number of fused-ring (bicyclic) bond motifs is 3. The number of benzene rings is 2. The molecule has 0 fully saturated rings. The molecule has 0 saturated carbocycles.